The highest BCUT2D eigenvalue weighted by Gasteiger charge is 2.45. The molecule has 1 rings (SSSR count). The average molecular weight is 290 g/mol. The van der Waals surface area contributed by atoms with Gasteiger partial charge in [-0.25, -0.2) is 4.79 Å². The first-order valence-electron chi connectivity index (χ1n) is 6.85. The van der Waals surface area contributed by atoms with Crippen molar-refractivity contribution in [2.45, 2.75) is 50.9 Å². The van der Waals surface area contributed by atoms with E-state index in [-0.39, 0.29) is 0 Å². The molecule has 0 spiro atoms. The molecule has 5 heteroatoms. The monoisotopic (exact) mass is 290 g/mol. The van der Waals surface area contributed by atoms with E-state index in [0.29, 0.717) is 12.8 Å². The zero-order valence-electron chi connectivity index (χ0n) is 12.7. The number of benzene rings is 1. The molecular formula is C16H22N2O3. The van der Waals surface area contributed by atoms with Crippen LogP contribution in [0.25, 0.3) is 0 Å². The van der Waals surface area contributed by atoms with Gasteiger partial charge in [0.05, 0.1) is 6.04 Å². The summed E-state index contributed by atoms with van der Waals surface area (Å²) >= 11 is 0. The fraction of sp³-hybridized carbons (Fsp3) is 0.500. The molecule has 2 atom stereocenters. The molecule has 0 amide bonds. The smallest absolute Gasteiger partial charge is 0.355 e. The maximum atomic E-state index is 12.0. The fourth-order valence-electron chi connectivity index (χ4n) is 1.81. The van der Waals surface area contributed by atoms with Crippen LogP contribution in [0, 0.1) is 11.3 Å². The number of ether oxygens (including phenoxy) is 1. The van der Waals surface area contributed by atoms with Gasteiger partial charge in [0, 0.05) is 0 Å². The van der Waals surface area contributed by atoms with Crippen molar-refractivity contribution in [2.24, 2.45) is 5.73 Å². The summed E-state index contributed by atoms with van der Waals surface area (Å²) in [4.78, 5) is 12.0. The zero-order chi connectivity index (χ0) is 16.1. The standard InChI is InChI=1S/C16H22N2O3/c1-15(2,3)21-14(19)16(20,11-17)13(18)10-9-12-7-5-4-6-8-12/h4-8,13,20H,9-10,18H2,1-3H3. The molecule has 0 bridgehead atoms. The van der Waals surface area contributed by atoms with Crippen LogP contribution in [0.2, 0.25) is 0 Å². The van der Waals surface area contributed by atoms with Crippen LogP contribution in [-0.2, 0) is 16.0 Å². The second-order valence-corrected chi connectivity index (χ2v) is 6.01. The summed E-state index contributed by atoms with van der Waals surface area (Å²) < 4.78 is 5.08. The minimum atomic E-state index is -2.33. The van der Waals surface area contributed by atoms with Gasteiger partial charge in [0.2, 0.25) is 0 Å². The van der Waals surface area contributed by atoms with Gasteiger partial charge in [0.1, 0.15) is 11.7 Å². The maximum absolute atomic E-state index is 12.0. The third-order valence-corrected chi connectivity index (χ3v) is 3.00. The number of carbonyl (C=O) groups is 1. The number of nitrogens with zero attached hydrogens (tertiary/aromatic N) is 1. The summed E-state index contributed by atoms with van der Waals surface area (Å²) in [5, 5.41) is 19.4. The van der Waals surface area contributed by atoms with Crippen LogP contribution >= 0.6 is 0 Å². The van der Waals surface area contributed by atoms with E-state index in [9.17, 15) is 9.90 Å². The third kappa shape index (κ3) is 4.85. The van der Waals surface area contributed by atoms with Gasteiger partial charge >= 0.3 is 5.97 Å². The van der Waals surface area contributed by atoms with Gasteiger partial charge in [-0.2, -0.15) is 5.26 Å². The zero-order valence-corrected chi connectivity index (χ0v) is 12.7. The van der Waals surface area contributed by atoms with E-state index in [4.69, 9.17) is 15.7 Å². The van der Waals surface area contributed by atoms with E-state index in [1.165, 1.54) is 0 Å². The molecule has 0 saturated heterocycles. The average Bonchev–Trinajstić information content (AvgIpc) is 2.43. The normalized spacial score (nSPS) is 15.6. The number of esters is 1. The molecule has 0 aromatic heterocycles. The van der Waals surface area contributed by atoms with Gasteiger partial charge in [-0.1, -0.05) is 30.3 Å². The summed E-state index contributed by atoms with van der Waals surface area (Å²) in [6.07, 6.45) is 0.863. The quantitative estimate of drug-likeness (QED) is 0.633. The van der Waals surface area contributed by atoms with Crippen molar-refractivity contribution in [3.63, 3.8) is 0 Å². The summed E-state index contributed by atoms with van der Waals surface area (Å²) in [6.45, 7) is 4.99. The molecule has 1 aromatic carbocycles. The van der Waals surface area contributed by atoms with Crippen LogP contribution in [-0.4, -0.2) is 28.3 Å². The first-order chi connectivity index (χ1) is 9.69. The molecule has 0 saturated carbocycles. The molecule has 0 aliphatic rings. The molecule has 0 aliphatic carbocycles. The number of rotatable bonds is 5. The molecule has 0 heterocycles. The second kappa shape index (κ2) is 6.70. The van der Waals surface area contributed by atoms with E-state index >= 15 is 0 Å². The third-order valence-electron chi connectivity index (χ3n) is 3.00. The van der Waals surface area contributed by atoms with Crippen molar-refractivity contribution in [1.29, 1.82) is 5.26 Å². The minimum Gasteiger partial charge on any atom is -0.457 e. The Bertz CT molecular complexity index is 517. The fourth-order valence-corrected chi connectivity index (χ4v) is 1.81. The minimum absolute atomic E-state index is 0.299. The molecule has 114 valence electrons. The van der Waals surface area contributed by atoms with Crippen molar-refractivity contribution >= 4 is 5.97 Å². The highest BCUT2D eigenvalue weighted by atomic mass is 16.6. The molecular weight excluding hydrogens is 268 g/mol. The van der Waals surface area contributed by atoms with Crippen LogP contribution in [0.3, 0.4) is 0 Å². The number of hydrogen-bond acceptors (Lipinski definition) is 5. The van der Waals surface area contributed by atoms with E-state index in [1.54, 1.807) is 26.8 Å². The van der Waals surface area contributed by atoms with Gasteiger partial charge in [0.15, 0.2) is 0 Å². The van der Waals surface area contributed by atoms with Crippen LogP contribution in [0.1, 0.15) is 32.8 Å². The van der Waals surface area contributed by atoms with Gasteiger partial charge < -0.3 is 15.6 Å². The maximum Gasteiger partial charge on any atom is 0.355 e. The first-order valence-corrected chi connectivity index (χ1v) is 6.85. The lowest BCUT2D eigenvalue weighted by molar-refractivity contribution is -0.173. The van der Waals surface area contributed by atoms with Gasteiger partial charge in [-0.15, -0.1) is 0 Å². The molecule has 0 radical (unpaired) electrons. The molecule has 0 aliphatic heterocycles. The summed E-state index contributed by atoms with van der Waals surface area (Å²) in [6, 6.07) is 10.1. The summed E-state index contributed by atoms with van der Waals surface area (Å²) in [5.41, 5.74) is 3.76. The Hall–Kier alpha value is -1.90. The van der Waals surface area contributed by atoms with Gasteiger partial charge in [-0.3, -0.25) is 0 Å². The Morgan fingerprint density at radius 3 is 2.43 bits per heavy atom. The lowest BCUT2D eigenvalue weighted by atomic mass is 9.91. The molecule has 3 N–H and O–H groups in total. The molecule has 21 heavy (non-hydrogen) atoms. The number of hydrogen-bond donors (Lipinski definition) is 2. The van der Waals surface area contributed by atoms with Crippen molar-refractivity contribution in [3.8, 4) is 6.07 Å². The number of nitrogens with two attached hydrogens (primary N) is 1. The Labute approximate surface area is 125 Å². The van der Waals surface area contributed by atoms with Crippen molar-refractivity contribution in [2.75, 3.05) is 0 Å². The lowest BCUT2D eigenvalue weighted by Crippen LogP contribution is -2.55. The second-order valence-electron chi connectivity index (χ2n) is 6.01. The highest BCUT2D eigenvalue weighted by Crippen LogP contribution is 2.19. The van der Waals surface area contributed by atoms with E-state index in [0.717, 1.165) is 5.56 Å². The van der Waals surface area contributed by atoms with E-state index < -0.39 is 23.2 Å². The van der Waals surface area contributed by atoms with Gasteiger partial charge in [-0.05, 0) is 39.2 Å². The number of carbonyl (C=O) groups excluding carboxylic acids is 1. The van der Waals surface area contributed by atoms with Crippen molar-refractivity contribution in [1.82, 2.24) is 0 Å². The Morgan fingerprint density at radius 2 is 1.95 bits per heavy atom. The van der Waals surface area contributed by atoms with Crippen LogP contribution in [0.5, 0.6) is 0 Å². The largest absolute Gasteiger partial charge is 0.457 e. The lowest BCUT2D eigenvalue weighted by Gasteiger charge is -2.29. The van der Waals surface area contributed by atoms with Gasteiger partial charge in [0.25, 0.3) is 5.60 Å². The Balaban J connectivity index is 2.74. The van der Waals surface area contributed by atoms with Crippen LogP contribution < -0.4 is 5.73 Å². The molecule has 0 fully saturated rings. The van der Waals surface area contributed by atoms with E-state index in [2.05, 4.69) is 0 Å². The summed E-state index contributed by atoms with van der Waals surface area (Å²) in [5.74, 6) is -1.00. The Morgan fingerprint density at radius 1 is 1.38 bits per heavy atom. The Kier molecular flexibility index (Phi) is 5.47. The highest BCUT2D eigenvalue weighted by molar-refractivity contribution is 5.84. The van der Waals surface area contributed by atoms with Crippen molar-refractivity contribution < 1.29 is 14.6 Å². The molecule has 2 unspecified atom stereocenters. The number of aryl methyl sites for hydroxylation is 1. The van der Waals surface area contributed by atoms with Crippen molar-refractivity contribution in [3.05, 3.63) is 35.9 Å². The first kappa shape index (κ1) is 17.2. The van der Waals surface area contributed by atoms with E-state index in [1.807, 2.05) is 30.3 Å². The predicted molar refractivity (Wildman–Crippen MR) is 79.1 cm³/mol. The molecule has 5 nitrogen and oxygen atoms in total. The summed E-state index contributed by atoms with van der Waals surface area (Å²) in [7, 11) is 0. The van der Waals surface area contributed by atoms with Crippen LogP contribution in [0.4, 0.5) is 0 Å². The predicted octanol–water partition coefficient (Wildman–Crippen LogP) is 1.54. The molecule has 1 aromatic rings. The van der Waals surface area contributed by atoms with Crippen LogP contribution in [0.15, 0.2) is 30.3 Å². The number of aliphatic hydroxyl groups is 1. The number of nitriles is 1. The topological polar surface area (TPSA) is 96.3 Å². The SMILES string of the molecule is CC(C)(C)OC(=O)C(O)(C#N)C(N)CCc1ccccc1.